The van der Waals surface area contributed by atoms with Crippen LogP contribution in [0.25, 0.3) is 21.5 Å². The summed E-state index contributed by atoms with van der Waals surface area (Å²) in [6.07, 6.45) is 0.649. The van der Waals surface area contributed by atoms with Gasteiger partial charge in [0.1, 0.15) is 9.81 Å². The molecule has 7 heteroatoms. The Morgan fingerprint density at radius 2 is 1.35 bits per heavy atom. The lowest BCUT2D eigenvalue weighted by Crippen LogP contribution is -2.54. The third kappa shape index (κ3) is 4.69. The second kappa shape index (κ2) is 10.2. The first-order valence-corrected chi connectivity index (χ1v) is 14.9. The number of fused-ring (bicyclic) bond motifs is 2. The highest BCUT2D eigenvalue weighted by atomic mass is 35.5. The van der Waals surface area contributed by atoms with Gasteiger partial charge in [0.15, 0.2) is 0 Å². The van der Waals surface area contributed by atoms with Crippen LogP contribution in [0.15, 0.2) is 101 Å². The fourth-order valence-corrected chi connectivity index (χ4v) is 7.98. The van der Waals surface area contributed by atoms with Crippen LogP contribution in [-0.2, 0) is 15.6 Å². The van der Waals surface area contributed by atoms with Crippen molar-refractivity contribution in [2.24, 2.45) is 5.92 Å². The Hall–Kier alpha value is -2.74. The summed E-state index contributed by atoms with van der Waals surface area (Å²) in [5.41, 5.74) is -0.385. The van der Waals surface area contributed by atoms with Crippen LogP contribution in [0.2, 0.25) is 4.34 Å². The van der Waals surface area contributed by atoms with E-state index in [9.17, 15) is 13.5 Å². The van der Waals surface area contributed by atoms with Gasteiger partial charge in [-0.1, -0.05) is 117 Å². The fourth-order valence-electron chi connectivity index (χ4n) is 5.11. The summed E-state index contributed by atoms with van der Waals surface area (Å²) in [5, 5.41) is 16.7. The van der Waals surface area contributed by atoms with E-state index in [-0.39, 0.29) is 10.1 Å². The van der Waals surface area contributed by atoms with Crippen LogP contribution in [0.3, 0.4) is 0 Å². The average molecular weight is 550 g/mol. The van der Waals surface area contributed by atoms with Crippen LogP contribution >= 0.6 is 22.9 Å². The molecule has 2 N–H and O–H groups in total. The maximum Gasteiger partial charge on any atom is 0.250 e. The molecule has 2 atom stereocenters. The largest absolute Gasteiger partial charge is 0.379 e. The molecule has 1 aromatic heterocycles. The second-order valence-electron chi connectivity index (χ2n) is 9.36. The predicted octanol–water partition coefficient (Wildman–Crippen LogP) is 7.34. The van der Waals surface area contributed by atoms with E-state index in [1.807, 2.05) is 98.8 Å². The van der Waals surface area contributed by atoms with Crippen LogP contribution < -0.4 is 4.72 Å². The van der Waals surface area contributed by atoms with Gasteiger partial charge in [-0.05, 0) is 50.7 Å². The molecule has 0 bridgehead atoms. The lowest BCUT2D eigenvalue weighted by molar-refractivity contribution is 0.0274. The number of aliphatic hydroxyl groups is 1. The Bertz CT molecular complexity index is 1590. The molecule has 0 amide bonds. The number of rotatable bonds is 8. The normalized spacial score (nSPS) is 14.2. The summed E-state index contributed by atoms with van der Waals surface area (Å²) >= 11 is 7.08. The zero-order valence-electron chi connectivity index (χ0n) is 20.6. The van der Waals surface area contributed by atoms with Crippen LogP contribution in [0.1, 0.15) is 31.4 Å². The Morgan fingerprint density at radius 3 is 1.84 bits per heavy atom. The SMILES string of the molecule is CC[C@H](C)[C@H](NS(=O)(=O)c1ccc(Cl)s1)C(O)(c1cccc2ccccc12)c1cccc2ccccc12. The molecule has 0 aliphatic rings. The predicted molar refractivity (Wildman–Crippen MR) is 154 cm³/mol. The fraction of sp³-hybridized carbons (Fsp3) is 0.200. The van der Waals surface area contributed by atoms with Gasteiger partial charge in [0.25, 0.3) is 0 Å². The molecule has 5 rings (SSSR count). The molecular formula is C30H28ClNO3S2. The van der Waals surface area contributed by atoms with Gasteiger partial charge < -0.3 is 5.11 Å². The lowest BCUT2D eigenvalue weighted by atomic mass is 9.72. The number of halogens is 1. The molecule has 0 unspecified atom stereocenters. The summed E-state index contributed by atoms with van der Waals surface area (Å²) < 4.78 is 30.7. The van der Waals surface area contributed by atoms with E-state index in [0.717, 1.165) is 32.9 Å². The van der Waals surface area contributed by atoms with E-state index in [2.05, 4.69) is 4.72 Å². The molecule has 0 aliphatic carbocycles. The highest BCUT2D eigenvalue weighted by Gasteiger charge is 2.46. The average Bonchev–Trinajstić information content (AvgIpc) is 3.37. The molecule has 0 fully saturated rings. The topological polar surface area (TPSA) is 66.4 Å². The minimum atomic E-state index is -3.98. The van der Waals surface area contributed by atoms with Crippen LogP contribution in [0.4, 0.5) is 0 Å². The van der Waals surface area contributed by atoms with Gasteiger partial charge in [-0.25, -0.2) is 13.1 Å². The van der Waals surface area contributed by atoms with Gasteiger partial charge in [0, 0.05) is 0 Å². The van der Waals surface area contributed by atoms with E-state index in [1.54, 1.807) is 6.07 Å². The van der Waals surface area contributed by atoms with Crippen molar-refractivity contribution in [1.82, 2.24) is 4.72 Å². The number of nitrogens with one attached hydrogen (secondary N) is 1. The van der Waals surface area contributed by atoms with Crippen LogP contribution in [-0.4, -0.2) is 19.6 Å². The summed E-state index contributed by atoms with van der Waals surface area (Å²) in [6, 6.07) is 29.5. The molecule has 190 valence electrons. The minimum Gasteiger partial charge on any atom is -0.379 e. The van der Waals surface area contributed by atoms with Crippen molar-refractivity contribution in [3.8, 4) is 0 Å². The minimum absolute atomic E-state index is 0.115. The van der Waals surface area contributed by atoms with Gasteiger partial charge in [-0.15, -0.1) is 11.3 Å². The van der Waals surface area contributed by atoms with E-state index in [1.165, 1.54) is 6.07 Å². The molecule has 37 heavy (non-hydrogen) atoms. The van der Waals surface area contributed by atoms with Gasteiger partial charge in [0.05, 0.1) is 10.4 Å². The van der Waals surface area contributed by atoms with Gasteiger partial charge in [0.2, 0.25) is 10.0 Å². The molecule has 5 aromatic rings. The first-order valence-electron chi connectivity index (χ1n) is 12.2. The highest BCUT2D eigenvalue weighted by Crippen LogP contribution is 2.43. The molecule has 0 aliphatic heterocycles. The molecule has 4 aromatic carbocycles. The maximum atomic E-state index is 13.6. The van der Waals surface area contributed by atoms with Crippen LogP contribution in [0.5, 0.6) is 0 Å². The number of sulfonamides is 1. The van der Waals surface area contributed by atoms with Gasteiger partial charge >= 0.3 is 0 Å². The Labute approximate surface area is 226 Å². The standard InChI is InChI=1S/C30H28ClNO3S2/c1-3-20(2)29(32-37(34,35)28-19-18-27(31)36-28)30(33,25-16-8-12-21-10-4-6-14-23(21)25)26-17-9-13-22-11-5-7-15-24(22)26/h4-20,29,32-33H,3H2,1-2H3/t20-,29-/m0/s1. The summed E-state index contributed by atoms with van der Waals surface area (Å²) in [5.74, 6) is -0.215. The number of hydrogen-bond donors (Lipinski definition) is 2. The van der Waals surface area contributed by atoms with E-state index < -0.39 is 21.7 Å². The third-order valence-corrected chi connectivity index (χ3v) is 10.3. The van der Waals surface area contributed by atoms with Crippen molar-refractivity contribution in [1.29, 1.82) is 0 Å². The maximum absolute atomic E-state index is 13.6. The van der Waals surface area contributed by atoms with Gasteiger partial charge in [-0.2, -0.15) is 0 Å². The summed E-state index contributed by atoms with van der Waals surface area (Å²) in [6.45, 7) is 3.97. The second-order valence-corrected chi connectivity index (χ2v) is 13.0. The third-order valence-electron chi connectivity index (χ3n) is 7.16. The molecule has 4 nitrogen and oxygen atoms in total. The molecule has 0 radical (unpaired) electrons. The van der Waals surface area contributed by atoms with Crippen molar-refractivity contribution < 1.29 is 13.5 Å². The number of benzene rings is 4. The summed E-state index contributed by atoms with van der Waals surface area (Å²) in [4.78, 5) is 0. The van der Waals surface area contributed by atoms with Gasteiger partial charge in [-0.3, -0.25) is 0 Å². The van der Waals surface area contributed by atoms with E-state index >= 15 is 0 Å². The molecule has 1 heterocycles. The van der Waals surface area contributed by atoms with Crippen molar-refractivity contribution in [3.63, 3.8) is 0 Å². The monoisotopic (exact) mass is 549 g/mol. The number of thiophene rings is 1. The smallest absolute Gasteiger partial charge is 0.250 e. The van der Waals surface area contributed by atoms with Crippen molar-refractivity contribution >= 4 is 54.5 Å². The van der Waals surface area contributed by atoms with E-state index in [0.29, 0.717) is 21.9 Å². The zero-order chi connectivity index (χ0) is 26.2. The Kier molecular flexibility index (Phi) is 7.14. The molecule has 0 saturated carbocycles. The molecule has 0 saturated heterocycles. The molecular weight excluding hydrogens is 522 g/mol. The Morgan fingerprint density at radius 1 is 0.838 bits per heavy atom. The zero-order valence-corrected chi connectivity index (χ0v) is 22.9. The van der Waals surface area contributed by atoms with Crippen LogP contribution in [0, 0.1) is 5.92 Å². The number of hydrogen-bond acceptors (Lipinski definition) is 4. The van der Waals surface area contributed by atoms with Crippen molar-refractivity contribution in [3.05, 3.63) is 113 Å². The van der Waals surface area contributed by atoms with Crippen molar-refractivity contribution in [2.45, 2.75) is 36.1 Å². The van der Waals surface area contributed by atoms with E-state index in [4.69, 9.17) is 11.6 Å². The Balaban J connectivity index is 1.83. The first kappa shape index (κ1) is 25.9. The lowest BCUT2D eigenvalue weighted by Gasteiger charge is -2.41. The quantitative estimate of drug-likeness (QED) is 0.213. The summed E-state index contributed by atoms with van der Waals surface area (Å²) in [7, 11) is -3.98. The van der Waals surface area contributed by atoms with Crippen molar-refractivity contribution in [2.75, 3.05) is 0 Å². The highest BCUT2D eigenvalue weighted by molar-refractivity contribution is 7.91. The first-order chi connectivity index (χ1) is 17.8. The molecule has 0 spiro atoms.